The fourth-order valence-electron chi connectivity index (χ4n) is 2.14. The first-order chi connectivity index (χ1) is 8.31. The maximum absolute atomic E-state index is 6.23. The zero-order valence-electron chi connectivity index (χ0n) is 9.12. The van der Waals surface area contributed by atoms with Crippen LogP contribution >= 0.6 is 35.1 Å². The van der Waals surface area contributed by atoms with Crippen molar-refractivity contribution in [3.8, 4) is 0 Å². The molecular formula is C13H11Cl2NS. The highest BCUT2D eigenvalue weighted by molar-refractivity contribution is 8.01. The maximum atomic E-state index is 6.23. The molecule has 0 spiro atoms. The van der Waals surface area contributed by atoms with Crippen LogP contribution in [-0.2, 0) is 0 Å². The van der Waals surface area contributed by atoms with Gasteiger partial charge in [0.1, 0.15) is 0 Å². The Morgan fingerprint density at radius 3 is 2.88 bits per heavy atom. The van der Waals surface area contributed by atoms with Crippen LogP contribution in [0.15, 0.2) is 35.2 Å². The Morgan fingerprint density at radius 2 is 2.06 bits per heavy atom. The number of benzene rings is 2. The van der Waals surface area contributed by atoms with E-state index in [2.05, 4.69) is 28.6 Å². The van der Waals surface area contributed by atoms with Crippen molar-refractivity contribution in [3.05, 3.63) is 35.4 Å². The third-order valence-corrected chi connectivity index (χ3v) is 4.63. The van der Waals surface area contributed by atoms with Crippen molar-refractivity contribution in [3.63, 3.8) is 0 Å². The van der Waals surface area contributed by atoms with E-state index < -0.39 is 0 Å². The van der Waals surface area contributed by atoms with Crippen molar-refractivity contribution in [2.75, 3.05) is 16.7 Å². The standard InChI is InChI=1S/C13H11Cl2NS/c14-7-2-8-16-11-6-5-10(15)9-3-1-4-12(17-16)13(9)11/h1,3-6H,2,7-8H2. The lowest BCUT2D eigenvalue weighted by molar-refractivity contribution is 0.942. The van der Waals surface area contributed by atoms with Crippen LogP contribution in [0.5, 0.6) is 0 Å². The second-order valence-electron chi connectivity index (χ2n) is 3.98. The summed E-state index contributed by atoms with van der Waals surface area (Å²) in [7, 11) is 0. The van der Waals surface area contributed by atoms with E-state index in [1.165, 1.54) is 16.0 Å². The van der Waals surface area contributed by atoms with E-state index in [9.17, 15) is 0 Å². The summed E-state index contributed by atoms with van der Waals surface area (Å²) in [6.07, 6.45) is 0.993. The summed E-state index contributed by atoms with van der Waals surface area (Å²) in [6.45, 7) is 0.972. The molecule has 0 N–H and O–H groups in total. The van der Waals surface area contributed by atoms with Gasteiger partial charge in [0.2, 0.25) is 0 Å². The van der Waals surface area contributed by atoms with Gasteiger partial charge in [-0.1, -0.05) is 23.7 Å². The monoisotopic (exact) mass is 283 g/mol. The van der Waals surface area contributed by atoms with Crippen molar-refractivity contribution in [1.82, 2.24) is 0 Å². The van der Waals surface area contributed by atoms with Gasteiger partial charge in [0.25, 0.3) is 0 Å². The highest BCUT2D eigenvalue weighted by Crippen LogP contribution is 2.47. The van der Waals surface area contributed by atoms with E-state index in [4.69, 9.17) is 23.2 Å². The molecule has 4 heteroatoms. The number of anilines is 1. The second-order valence-corrected chi connectivity index (χ2v) is 5.83. The van der Waals surface area contributed by atoms with Gasteiger partial charge in [-0.15, -0.1) is 11.6 Å². The van der Waals surface area contributed by atoms with Crippen LogP contribution in [0.3, 0.4) is 0 Å². The van der Waals surface area contributed by atoms with Crippen molar-refractivity contribution < 1.29 is 0 Å². The van der Waals surface area contributed by atoms with Gasteiger partial charge < -0.3 is 4.31 Å². The van der Waals surface area contributed by atoms with Gasteiger partial charge in [-0.25, -0.2) is 0 Å². The molecule has 2 aromatic carbocycles. The largest absolute Gasteiger partial charge is 0.311 e. The molecule has 0 aliphatic carbocycles. The van der Waals surface area contributed by atoms with E-state index in [1.807, 2.05) is 6.07 Å². The lowest BCUT2D eigenvalue weighted by atomic mass is 10.1. The van der Waals surface area contributed by atoms with Crippen LogP contribution in [0, 0.1) is 0 Å². The second kappa shape index (κ2) is 4.60. The van der Waals surface area contributed by atoms with Gasteiger partial charge in [-0.2, -0.15) is 0 Å². The van der Waals surface area contributed by atoms with Crippen LogP contribution in [0.2, 0.25) is 5.02 Å². The SMILES string of the molecule is ClCCCN1Sc2cccc3c(Cl)ccc1c23. The van der Waals surface area contributed by atoms with E-state index in [-0.39, 0.29) is 0 Å². The molecule has 0 unspecified atom stereocenters. The van der Waals surface area contributed by atoms with Crippen molar-refractivity contribution in [1.29, 1.82) is 0 Å². The molecule has 1 heterocycles. The summed E-state index contributed by atoms with van der Waals surface area (Å²) in [4.78, 5) is 1.29. The molecule has 0 amide bonds. The van der Waals surface area contributed by atoms with Crippen LogP contribution in [0.25, 0.3) is 10.8 Å². The molecule has 0 saturated heterocycles. The summed E-state index contributed by atoms with van der Waals surface area (Å²) in [6, 6.07) is 10.4. The van der Waals surface area contributed by atoms with Crippen LogP contribution in [-0.4, -0.2) is 12.4 Å². The van der Waals surface area contributed by atoms with Crippen molar-refractivity contribution in [2.24, 2.45) is 0 Å². The lowest BCUT2D eigenvalue weighted by Gasteiger charge is -2.17. The fraction of sp³-hybridized carbons (Fsp3) is 0.231. The minimum absolute atomic E-state index is 0.699. The number of hydrogen-bond acceptors (Lipinski definition) is 2. The van der Waals surface area contributed by atoms with Gasteiger partial charge in [-0.3, -0.25) is 0 Å². The summed E-state index contributed by atoms with van der Waals surface area (Å²) >= 11 is 13.8. The molecule has 1 nitrogen and oxygen atoms in total. The average molecular weight is 284 g/mol. The molecule has 17 heavy (non-hydrogen) atoms. The Kier molecular flexibility index (Phi) is 3.12. The Bertz CT molecular complexity index is 571. The van der Waals surface area contributed by atoms with E-state index in [0.717, 1.165) is 23.4 Å². The first kappa shape index (κ1) is 11.5. The first-order valence-corrected chi connectivity index (χ1v) is 7.22. The quantitative estimate of drug-likeness (QED) is 0.579. The number of alkyl halides is 1. The van der Waals surface area contributed by atoms with Crippen LogP contribution in [0.4, 0.5) is 5.69 Å². The molecule has 88 valence electrons. The predicted octanol–water partition coefficient (Wildman–Crippen LogP) is 4.95. The molecule has 0 fully saturated rings. The maximum Gasteiger partial charge on any atom is 0.0564 e. The minimum Gasteiger partial charge on any atom is -0.311 e. The number of nitrogens with zero attached hydrogens (tertiary/aromatic N) is 1. The van der Waals surface area contributed by atoms with Crippen LogP contribution in [0.1, 0.15) is 6.42 Å². The molecule has 1 aliphatic rings. The molecule has 2 aromatic rings. The summed E-state index contributed by atoms with van der Waals surface area (Å²) in [5.41, 5.74) is 1.26. The van der Waals surface area contributed by atoms with Crippen LogP contribution < -0.4 is 4.31 Å². The third kappa shape index (κ3) is 1.88. The van der Waals surface area contributed by atoms with E-state index in [1.54, 1.807) is 11.9 Å². The lowest BCUT2D eigenvalue weighted by Crippen LogP contribution is -2.12. The van der Waals surface area contributed by atoms with Gasteiger partial charge in [0, 0.05) is 33.1 Å². The first-order valence-electron chi connectivity index (χ1n) is 5.54. The summed E-state index contributed by atoms with van der Waals surface area (Å²) in [5.74, 6) is 0.699. The number of hydrogen-bond donors (Lipinski definition) is 0. The molecule has 0 bridgehead atoms. The molecule has 3 rings (SSSR count). The van der Waals surface area contributed by atoms with Gasteiger partial charge >= 0.3 is 0 Å². The zero-order valence-corrected chi connectivity index (χ0v) is 11.4. The van der Waals surface area contributed by atoms with Crippen molar-refractivity contribution in [2.45, 2.75) is 11.3 Å². The summed E-state index contributed by atoms with van der Waals surface area (Å²) < 4.78 is 2.30. The highest BCUT2D eigenvalue weighted by atomic mass is 35.5. The van der Waals surface area contributed by atoms with E-state index >= 15 is 0 Å². The summed E-state index contributed by atoms with van der Waals surface area (Å²) in [5, 5.41) is 3.24. The van der Waals surface area contributed by atoms with Gasteiger partial charge in [-0.05, 0) is 36.6 Å². The molecular weight excluding hydrogens is 273 g/mol. The Labute approximate surface area is 115 Å². The molecule has 0 saturated carbocycles. The Hall–Kier alpha value is -0.570. The highest BCUT2D eigenvalue weighted by Gasteiger charge is 2.22. The smallest absolute Gasteiger partial charge is 0.0564 e. The molecule has 0 aromatic heterocycles. The number of rotatable bonds is 3. The predicted molar refractivity (Wildman–Crippen MR) is 77.5 cm³/mol. The topological polar surface area (TPSA) is 3.24 Å². The van der Waals surface area contributed by atoms with Gasteiger partial charge in [0.05, 0.1) is 5.69 Å². The molecule has 1 aliphatic heterocycles. The zero-order chi connectivity index (χ0) is 11.8. The van der Waals surface area contributed by atoms with E-state index in [0.29, 0.717) is 5.88 Å². The minimum atomic E-state index is 0.699. The van der Waals surface area contributed by atoms with Crippen molar-refractivity contribution >= 4 is 51.6 Å². The number of halogens is 2. The normalized spacial score (nSPS) is 13.6. The Balaban J connectivity index is 2.12. The average Bonchev–Trinajstić information content (AvgIpc) is 2.71. The molecule has 0 radical (unpaired) electrons. The fourth-order valence-corrected chi connectivity index (χ4v) is 3.63. The Morgan fingerprint density at radius 1 is 1.18 bits per heavy atom. The molecule has 0 atom stereocenters. The third-order valence-electron chi connectivity index (χ3n) is 2.90. The van der Waals surface area contributed by atoms with Gasteiger partial charge in [0.15, 0.2) is 0 Å².